The van der Waals surface area contributed by atoms with Crippen LogP contribution in [0.15, 0.2) is 0 Å². The average molecular weight is 1380 g/mol. The summed E-state index contributed by atoms with van der Waals surface area (Å²) >= 11 is 0. The molecule has 2 heterocycles. The number of aliphatic carboxylic acids is 1. The van der Waals surface area contributed by atoms with Crippen LogP contribution in [0.2, 0.25) is 0 Å². The van der Waals surface area contributed by atoms with Crippen LogP contribution in [0.5, 0.6) is 0 Å². The Labute approximate surface area is 550 Å². The molecule has 0 spiro atoms. The summed E-state index contributed by atoms with van der Waals surface area (Å²) in [5.74, 6) is -14.7. The maximum absolute atomic E-state index is 13.8. The van der Waals surface area contributed by atoms with Gasteiger partial charge < -0.3 is 137 Å². The third-order valence-corrected chi connectivity index (χ3v) is 15.1. The highest BCUT2D eigenvalue weighted by atomic mass is 16.7. The lowest BCUT2D eigenvalue weighted by atomic mass is 9.94. The van der Waals surface area contributed by atoms with Crippen LogP contribution in [0.4, 0.5) is 0 Å². The molecule has 41 heteroatoms. The highest BCUT2D eigenvalue weighted by Gasteiger charge is 2.53. The second kappa shape index (κ2) is 40.2. The second-order valence-corrected chi connectivity index (χ2v) is 23.1. The zero-order valence-electron chi connectivity index (χ0n) is 54.0. The van der Waals surface area contributed by atoms with Crippen LogP contribution in [-0.2, 0) is 90.9 Å². The monoisotopic (exact) mass is 1380 g/mol. The number of amides is 14. The first-order chi connectivity index (χ1) is 44.7. The molecule has 2 fully saturated rings. The van der Waals surface area contributed by atoms with Crippen LogP contribution in [-0.4, -0.2) is 260 Å². The Hall–Kier alpha value is -8.39. The zero-order chi connectivity index (χ0) is 73.2. The first-order valence-corrected chi connectivity index (χ1v) is 30.5. The summed E-state index contributed by atoms with van der Waals surface area (Å²) in [5, 5.41) is 85.4. The van der Waals surface area contributed by atoms with Crippen molar-refractivity contribution in [3.8, 4) is 0 Å². The number of aliphatic hydroxyl groups excluding tert-OH is 5. The fourth-order valence-corrected chi connectivity index (χ4v) is 9.56. The van der Waals surface area contributed by atoms with Crippen LogP contribution in [0, 0.1) is 0 Å². The Balaban J connectivity index is 2.22. The van der Waals surface area contributed by atoms with Gasteiger partial charge in [-0.15, -0.1) is 0 Å². The van der Waals surface area contributed by atoms with Gasteiger partial charge in [-0.2, -0.15) is 0 Å². The molecule has 2 aliphatic heterocycles. The van der Waals surface area contributed by atoms with Gasteiger partial charge >= 0.3 is 5.97 Å². The molecule has 28 N–H and O–H groups in total. The predicted octanol–water partition coefficient (Wildman–Crippen LogP) is -12.2. The molecule has 21 atom stereocenters. The highest BCUT2D eigenvalue weighted by molar-refractivity contribution is 5.95. The summed E-state index contributed by atoms with van der Waals surface area (Å²) in [7, 11) is 0. The van der Waals surface area contributed by atoms with Crippen LogP contribution in [0.1, 0.15) is 113 Å². The number of carbonyl (C=O) groups excluding carboxylic acids is 14. The first-order valence-electron chi connectivity index (χ1n) is 30.5. The minimum absolute atomic E-state index is 0.0300. The molecule has 96 heavy (non-hydrogen) atoms. The number of nitrogens with one attached hydrogen (secondary N) is 10. The molecular formula is C55H94N16O25. The molecule has 0 aromatic rings. The molecule has 21 unspecified atom stereocenters. The third kappa shape index (κ3) is 27.4. The maximum atomic E-state index is 13.8. The molecule has 0 aromatic carbocycles. The Morgan fingerprint density at radius 3 is 1.30 bits per heavy atom. The normalized spacial score (nSPS) is 24.2. The number of hydrogen-bond acceptors (Lipinski definition) is 26. The van der Waals surface area contributed by atoms with E-state index in [-0.39, 0.29) is 44.9 Å². The van der Waals surface area contributed by atoms with E-state index in [1.165, 1.54) is 20.8 Å². The molecule has 14 amide bonds. The van der Waals surface area contributed by atoms with Gasteiger partial charge in [0.05, 0.1) is 25.3 Å². The fourth-order valence-electron chi connectivity index (χ4n) is 9.56. The molecule has 0 aromatic heterocycles. The molecule has 2 saturated heterocycles. The Kier molecular flexibility index (Phi) is 35.1. The van der Waals surface area contributed by atoms with Crippen molar-refractivity contribution in [3.05, 3.63) is 0 Å². The van der Waals surface area contributed by atoms with Gasteiger partial charge in [0.2, 0.25) is 82.7 Å². The van der Waals surface area contributed by atoms with Crippen LogP contribution in [0.25, 0.3) is 0 Å². The van der Waals surface area contributed by atoms with Gasteiger partial charge in [-0.05, 0) is 86.0 Å². The van der Waals surface area contributed by atoms with Gasteiger partial charge in [0.1, 0.15) is 103 Å². The molecular weight excluding hydrogens is 1280 g/mol. The van der Waals surface area contributed by atoms with E-state index in [1.54, 1.807) is 0 Å². The summed E-state index contributed by atoms with van der Waals surface area (Å²) in [6, 6.07) is -17.2. The minimum atomic E-state index is -1.94. The van der Waals surface area contributed by atoms with Crippen molar-refractivity contribution < 1.29 is 122 Å². The third-order valence-electron chi connectivity index (χ3n) is 15.1. The minimum Gasteiger partial charge on any atom is -0.480 e. The lowest BCUT2D eigenvalue weighted by Crippen LogP contribution is -2.70. The number of hydrogen-bond donors (Lipinski definition) is 22. The summed E-state index contributed by atoms with van der Waals surface area (Å²) in [6.45, 7) is 6.32. The number of carboxylic acids is 1. The van der Waals surface area contributed by atoms with Crippen molar-refractivity contribution in [1.82, 2.24) is 53.2 Å². The number of rotatable bonds is 41. The smallest absolute Gasteiger partial charge is 0.325 e. The van der Waals surface area contributed by atoms with Crippen molar-refractivity contribution >= 4 is 88.7 Å². The SMILES string of the molecule is CC(=O)NC1C(OC2C(CO)OC(O)C(NC(C)=O)C2OC(C)C(=O)NC(C)C(=O)NC(CCC(=O)NC(CCCC(N)C(N)=O)C(=O)NC(C)C(=O)NC(CCCC(NC(=O)CCC(NC(=O)C(C)N)C(N)=O)C(=O)NC(C)C(=O)O)C(N)=O)C(N)=O)OC(CO)C(O)C1O. The van der Waals surface area contributed by atoms with E-state index < -0.39 is 249 Å². The van der Waals surface area contributed by atoms with Crippen LogP contribution >= 0.6 is 0 Å². The van der Waals surface area contributed by atoms with E-state index in [0.717, 1.165) is 27.7 Å². The average Bonchev–Trinajstić information content (AvgIpc) is 0.776. The van der Waals surface area contributed by atoms with Gasteiger partial charge in [-0.3, -0.25) is 71.9 Å². The summed E-state index contributed by atoms with van der Waals surface area (Å²) < 4.78 is 23.3. The predicted molar refractivity (Wildman–Crippen MR) is 325 cm³/mol. The lowest BCUT2D eigenvalue weighted by molar-refractivity contribution is -0.333. The summed E-state index contributed by atoms with van der Waals surface area (Å²) in [4.78, 5) is 191. The molecule has 0 bridgehead atoms. The quantitative estimate of drug-likeness (QED) is 0.0270. The highest BCUT2D eigenvalue weighted by Crippen LogP contribution is 2.31. The number of nitrogens with two attached hydrogens (primary N) is 6. The number of carboxylic acid groups (broad SMARTS) is 1. The largest absolute Gasteiger partial charge is 0.480 e. The Morgan fingerprint density at radius 1 is 0.458 bits per heavy atom. The molecule has 2 aliphatic rings. The molecule has 0 saturated carbocycles. The van der Waals surface area contributed by atoms with Crippen LogP contribution in [0.3, 0.4) is 0 Å². The Morgan fingerprint density at radius 2 is 0.875 bits per heavy atom. The standard InChI is InChI=1S/C55H94N16O25/c1-20(56)47(84)69-29(45(60)82)14-16-35(76)68-32(52(89)64-23(4)53(90)91)13-9-11-28(44(59)81)70-49(86)22(3)63-51(88)31(12-8-10-27(57)43(58)80)67-36(77)17-15-30(46(61)83)71-48(85)21(2)62-50(87)24(5)93-42-38(66-26(7)75)54(92)94-34(19-73)41(42)96-55-37(65-25(6)74)40(79)39(78)33(18-72)95-55/h20-24,27-34,37-42,54-55,72-73,78-79,92H,8-19,56-57H2,1-7H3,(H2,58,80)(H2,59,81)(H2,60,82)(H2,61,83)(H,62,87)(H,63,88)(H,64,89)(H,65,74)(H,66,75)(H,67,77)(H,68,76)(H,69,84)(H,70,86)(H,71,85)(H,90,91). The number of carbonyl (C=O) groups is 15. The Bertz CT molecular complexity index is 2750. The molecule has 0 radical (unpaired) electrons. The van der Waals surface area contributed by atoms with Gasteiger partial charge in [0.15, 0.2) is 12.6 Å². The van der Waals surface area contributed by atoms with E-state index in [4.69, 9.17) is 53.3 Å². The van der Waals surface area contributed by atoms with Gasteiger partial charge in [-0.1, -0.05) is 0 Å². The number of aliphatic hydroxyl groups is 5. The van der Waals surface area contributed by atoms with Gasteiger partial charge in [0.25, 0.3) is 0 Å². The van der Waals surface area contributed by atoms with Crippen molar-refractivity contribution in [2.24, 2.45) is 34.4 Å². The summed E-state index contributed by atoms with van der Waals surface area (Å²) in [6.07, 6.45) is -18.4. The molecule has 0 aliphatic carbocycles. The van der Waals surface area contributed by atoms with E-state index >= 15 is 0 Å². The van der Waals surface area contributed by atoms with E-state index in [1.807, 2.05) is 0 Å². The summed E-state index contributed by atoms with van der Waals surface area (Å²) in [5.41, 5.74) is 33.1. The fraction of sp³-hybridized carbons (Fsp3) is 0.727. The first kappa shape index (κ1) is 83.7. The number of ether oxygens (including phenoxy) is 4. The molecule has 41 nitrogen and oxygen atoms in total. The van der Waals surface area contributed by atoms with E-state index in [9.17, 15) is 103 Å². The maximum Gasteiger partial charge on any atom is 0.325 e. The van der Waals surface area contributed by atoms with E-state index in [0.29, 0.717) is 0 Å². The molecule has 544 valence electrons. The van der Waals surface area contributed by atoms with Crippen molar-refractivity contribution in [2.75, 3.05) is 13.2 Å². The molecule has 2 rings (SSSR count). The second-order valence-electron chi connectivity index (χ2n) is 23.1. The van der Waals surface area contributed by atoms with Gasteiger partial charge in [0, 0.05) is 26.7 Å². The van der Waals surface area contributed by atoms with Crippen molar-refractivity contribution in [2.45, 2.75) is 240 Å². The number of primary amides is 4. The van der Waals surface area contributed by atoms with E-state index in [2.05, 4.69) is 53.2 Å². The van der Waals surface area contributed by atoms with Crippen molar-refractivity contribution in [3.63, 3.8) is 0 Å². The van der Waals surface area contributed by atoms with Crippen molar-refractivity contribution in [1.29, 1.82) is 0 Å². The topological polar surface area (TPSA) is 691 Å². The lowest BCUT2D eigenvalue weighted by Gasteiger charge is -2.48. The van der Waals surface area contributed by atoms with Gasteiger partial charge in [-0.25, -0.2) is 0 Å². The zero-order valence-corrected chi connectivity index (χ0v) is 54.0. The van der Waals surface area contributed by atoms with Crippen LogP contribution < -0.4 is 87.6 Å².